The van der Waals surface area contributed by atoms with Gasteiger partial charge in [-0.25, -0.2) is 0 Å². The van der Waals surface area contributed by atoms with E-state index in [9.17, 15) is 0 Å². The normalized spacial score (nSPS) is 12.6. The van der Waals surface area contributed by atoms with E-state index in [-0.39, 0.29) is 5.92 Å². The van der Waals surface area contributed by atoms with E-state index in [1.807, 2.05) is 54.1 Å². The van der Waals surface area contributed by atoms with Gasteiger partial charge in [-0.05, 0) is 108 Å². The Morgan fingerprint density at radius 3 is 2.08 bits per heavy atom. The van der Waals surface area contributed by atoms with Crippen molar-refractivity contribution in [3.8, 4) is 39.3 Å². The van der Waals surface area contributed by atoms with Crippen LogP contribution in [0.2, 0.25) is 0 Å². The number of aromatic nitrogens is 3. The van der Waals surface area contributed by atoms with Crippen LogP contribution in [0.1, 0.15) is 18.4 Å². The molecular weight excluding hydrogens is 641 g/mol. The molecule has 4 aromatic heterocycles. The number of nitrogens with two attached hydrogens (primary N) is 1. The molecule has 2 N–H and O–H groups in total. The van der Waals surface area contributed by atoms with Gasteiger partial charge in [0.25, 0.3) is 0 Å². The number of rotatable bonds is 7. The molecular formula is C46H34N4S. The monoisotopic (exact) mass is 674 g/mol. The fraction of sp³-hybridized carbons (Fsp3) is 0.0435. The summed E-state index contributed by atoms with van der Waals surface area (Å²) >= 11 is 1.84. The number of allylic oxidation sites excluding steroid dienone is 3. The van der Waals surface area contributed by atoms with Crippen molar-refractivity contribution in [1.29, 1.82) is 0 Å². The van der Waals surface area contributed by atoms with E-state index in [0.29, 0.717) is 0 Å². The largest absolute Gasteiger partial charge is 0.405 e. The number of hydrogen-bond acceptors (Lipinski definition) is 4. The summed E-state index contributed by atoms with van der Waals surface area (Å²) in [6.45, 7) is 2.23. The van der Waals surface area contributed by atoms with E-state index >= 15 is 0 Å². The Balaban J connectivity index is 1.22. The van der Waals surface area contributed by atoms with Crippen LogP contribution in [0.15, 0.2) is 170 Å². The minimum Gasteiger partial charge on any atom is -0.405 e. The van der Waals surface area contributed by atoms with Crippen LogP contribution in [0.5, 0.6) is 0 Å². The molecule has 0 amide bonds. The SMILES string of the molecule is CC(/C=C\C=C/N)c1cc2sc3ccc(-n4c5ccccc5c5cc(-c6ccccc6-c6ccccn6)ccc54)cc3c2cc1-c1ccccn1. The maximum Gasteiger partial charge on any atom is 0.0708 e. The molecule has 0 spiro atoms. The lowest BCUT2D eigenvalue weighted by atomic mass is 9.91. The second-order valence-corrected chi connectivity index (χ2v) is 13.9. The third kappa shape index (κ3) is 5.39. The van der Waals surface area contributed by atoms with Crippen LogP contribution in [-0.2, 0) is 0 Å². The first-order valence-corrected chi connectivity index (χ1v) is 18.0. The second-order valence-electron chi connectivity index (χ2n) is 12.8. The van der Waals surface area contributed by atoms with Gasteiger partial charge in [0.15, 0.2) is 0 Å². The second kappa shape index (κ2) is 12.9. The van der Waals surface area contributed by atoms with Crippen LogP contribution in [0.3, 0.4) is 0 Å². The van der Waals surface area contributed by atoms with Crippen LogP contribution in [0.25, 0.3) is 81.3 Å². The van der Waals surface area contributed by atoms with Crippen LogP contribution in [0.4, 0.5) is 0 Å². The van der Waals surface area contributed by atoms with E-state index < -0.39 is 0 Å². The fourth-order valence-electron chi connectivity index (χ4n) is 7.38. The summed E-state index contributed by atoms with van der Waals surface area (Å²) in [4.78, 5) is 9.44. The lowest BCUT2D eigenvalue weighted by Gasteiger charge is -2.14. The van der Waals surface area contributed by atoms with Crippen LogP contribution in [-0.4, -0.2) is 14.5 Å². The zero-order valence-electron chi connectivity index (χ0n) is 28.1. The van der Waals surface area contributed by atoms with Gasteiger partial charge in [0, 0.05) is 60.2 Å². The minimum absolute atomic E-state index is 0.182. The molecule has 1 unspecified atom stereocenters. The summed E-state index contributed by atoms with van der Waals surface area (Å²) in [6, 6.07) is 47.9. The highest BCUT2D eigenvalue weighted by atomic mass is 32.1. The first-order valence-electron chi connectivity index (χ1n) is 17.2. The predicted molar refractivity (Wildman–Crippen MR) is 216 cm³/mol. The predicted octanol–water partition coefficient (Wildman–Crippen LogP) is 12.1. The van der Waals surface area contributed by atoms with Crippen LogP contribution in [0, 0.1) is 0 Å². The number of hydrogen-bond donors (Lipinski definition) is 1. The molecule has 9 aromatic rings. The molecule has 1 atom stereocenters. The van der Waals surface area contributed by atoms with Crippen molar-refractivity contribution in [2.45, 2.75) is 12.8 Å². The lowest BCUT2D eigenvalue weighted by molar-refractivity contribution is 0.971. The zero-order chi connectivity index (χ0) is 34.3. The Hall–Kier alpha value is -6.30. The van der Waals surface area contributed by atoms with Crippen molar-refractivity contribution in [1.82, 2.24) is 14.5 Å². The quantitative estimate of drug-likeness (QED) is 0.171. The van der Waals surface area contributed by atoms with Gasteiger partial charge in [0.1, 0.15) is 0 Å². The molecule has 9 rings (SSSR count). The molecule has 0 aliphatic heterocycles. The van der Waals surface area contributed by atoms with Gasteiger partial charge in [0.05, 0.1) is 22.4 Å². The highest BCUT2D eigenvalue weighted by Crippen LogP contribution is 2.43. The molecule has 51 heavy (non-hydrogen) atoms. The van der Waals surface area contributed by atoms with Crippen molar-refractivity contribution >= 4 is 53.3 Å². The Morgan fingerprint density at radius 1 is 0.588 bits per heavy atom. The molecule has 5 heteroatoms. The average Bonchev–Trinajstić information content (AvgIpc) is 3.72. The molecule has 0 aliphatic rings. The number of para-hydroxylation sites is 1. The van der Waals surface area contributed by atoms with Gasteiger partial charge in [-0.3, -0.25) is 9.97 Å². The third-order valence-electron chi connectivity index (χ3n) is 9.79. The lowest BCUT2D eigenvalue weighted by Crippen LogP contribution is -1.95. The summed E-state index contributed by atoms with van der Waals surface area (Å²) in [5, 5.41) is 4.95. The Labute approximate surface area is 300 Å². The van der Waals surface area contributed by atoms with Crippen molar-refractivity contribution in [2.24, 2.45) is 5.73 Å². The molecule has 0 aliphatic carbocycles. The topological polar surface area (TPSA) is 56.7 Å². The molecule has 0 fully saturated rings. The molecule has 0 saturated carbocycles. The smallest absolute Gasteiger partial charge is 0.0708 e. The number of benzene rings is 5. The summed E-state index contributed by atoms with van der Waals surface area (Å²) in [5.41, 5.74) is 16.9. The van der Waals surface area contributed by atoms with Gasteiger partial charge in [-0.2, -0.15) is 0 Å². The summed E-state index contributed by atoms with van der Waals surface area (Å²) in [6.07, 6.45) is 11.4. The van der Waals surface area contributed by atoms with Crippen molar-refractivity contribution in [2.75, 3.05) is 0 Å². The van der Waals surface area contributed by atoms with Gasteiger partial charge in [-0.15, -0.1) is 11.3 Å². The fourth-order valence-corrected chi connectivity index (χ4v) is 8.50. The highest BCUT2D eigenvalue weighted by Gasteiger charge is 2.18. The van der Waals surface area contributed by atoms with E-state index in [1.165, 1.54) is 58.7 Å². The van der Waals surface area contributed by atoms with Crippen LogP contribution >= 0.6 is 11.3 Å². The van der Waals surface area contributed by atoms with E-state index in [4.69, 9.17) is 10.7 Å². The number of thiophene rings is 1. The zero-order valence-corrected chi connectivity index (χ0v) is 28.9. The summed E-state index contributed by atoms with van der Waals surface area (Å²) < 4.78 is 4.94. The van der Waals surface area contributed by atoms with E-state index in [2.05, 4.69) is 138 Å². The van der Waals surface area contributed by atoms with Crippen molar-refractivity contribution in [3.63, 3.8) is 0 Å². The van der Waals surface area contributed by atoms with Crippen LogP contribution < -0.4 is 5.73 Å². The number of nitrogens with zero attached hydrogens (tertiary/aromatic N) is 3. The molecule has 244 valence electrons. The summed E-state index contributed by atoms with van der Waals surface area (Å²) in [7, 11) is 0. The first kappa shape index (κ1) is 30.7. The standard InChI is InChI=1S/C46H34N4S/c1-30(12-6-9-23-47)36-29-46-40(28-37(36)42-17-8-11-25-49-42)39-27-32(20-22-45(39)51-46)50-43-18-5-4-15-35(43)38-26-31(19-21-44(38)50)33-13-2-3-14-34(33)41-16-7-10-24-48-41/h2-30H,47H2,1H3/b12-6-,23-9-. The van der Waals surface area contributed by atoms with Crippen molar-refractivity contribution in [3.05, 3.63) is 176 Å². The minimum atomic E-state index is 0.182. The molecule has 4 nitrogen and oxygen atoms in total. The van der Waals surface area contributed by atoms with Gasteiger partial charge in [-0.1, -0.05) is 79.7 Å². The Bertz CT molecular complexity index is 2770. The van der Waals surface area contributed by atoms with Gasteiger partial charge < -0.3 is 10.3 Å². The van der Waals surface area contributed by atoms with E-state index in [0.717, 1.165) is 28.2 Å². The van der Waals surface area contributed by atoms with Gasteiger partial charge >= 0.3 is 0 Å². The Kier molecular flexibility index (Phi) is 7.75. The molecule has 0 radical (unpaired) electrons. The molecule has 0 saturated heterocycles. The van der Waals surface area contributed by atoms with E-state index in [1.54, 1.807) is 6.20 Å². The van der Waals surface area contributed by atoms with Gasteiger partial charge in [0.2, 0.25) is 0 Å². The van der Waals surface area contributed by atoms with Crippen molar-refractivity contribution < 1.29 is 0 Å². The molecule has 5 aromatic carbocycles. The highest BCUT2D eigenvalue weighted by molar-refractivity contribution is 7.25. The number of fused-ring (bicyclic) bond motifs is 6. The summed E-state index contributed by atoms with van der Waals surface area (Å²) in [5.74, 6) is 0.182. The molecule has 4 heterocycles. The first-order chi connectivity index (χ1) is 25.2. The molecule has 0 bridgehead atoms. The maximum atomic E-state index is 5.61. The third-order valence-corrected chi connectivity index (χ3v) is 10.9. The maximum absolute atomic E-state index is 5.61. The number of pyridine rings is 2. The Morgan fingerprint density at radius 2 is 1.29 bits per heavy atom. The average molecular weight is 675 g/mol.